The van der Waals surface area contributed by atoms with Gasteiger partial charge in [0.25, 0.3) is 5.91 Å². The maximum absolute atomic E-state index is 11.9. The number of hydrogen-bond acceptors (Lipinski definition) is 8. The van der Waals surface area contributed by atoms with Gasteiger partial charge >= 0.3 is 11.9 Å². The van der Waals surface area contributed by atoms with Gasteiger partial charge in [-0.1, -0.05) is 18.2 Å². The maximum atomic E-state index is 11.9. The van der Waals surface area contributed by atoms with Crippen LogP contribution >= 0.6 is 0 Å². The molecule has 1 unspecified atom stereocenters. The van der Waals surface area contributed by atoms with Crippen LogP contribution in [0.5, 0.6) is 17.2 Å². The first kappa shape index (κ1) is 25.2. The predicted octanol–water partition coefficient (Wildman–Crippen LogP) is 0.0127. The minimum atomic E-state index is -1.82. The number of phenols is 2. The number of carbonyl (C=O) groups is 3. The molecule has 0 spiro atoms. The fraction of sp³-hybridized carbons (Fsp3) is 0.250. The number of nitrogens with one attached hydrogen (secondary N) is 2. The molecule has 0 aromatic heterocycles. The lowest BCUT2D eigenvalue weighted by Gasteiger charge is -2.13. The molecule has 11 nitrogen and oxygen atoms in total. The first-order valence-corrected chi connectivity index (χ1v) is 9.03. The number of aliphatic hydroxyl groups excluding tert-OH is 1. The summed E-state index contributed by atoms with van der Waals surface area (Å²) in [5.74, 6) is -3.73. The number of aliphatic carboxylic acids is 2. The van der Waals surface area contributed by atoms with Crippen molar-refractivity contribution >= 4 is 17.8 Å². The molecule has 0 heterocycles. The normalized spacial score (nSPS) is 10.9. The summed E-state index contributed by atoms with van der Waals surface area (Å²) >= 11 is 0. The third-order valence-electron chi connectivity index (χ3n) is 3.56. The Hall–Kier alpha value is -3.83. The van der Waals surface area contributed by atoms with Crippen LogP contribution in [0.1, 0.15) is 10.4 Å². The van der Waals surface area contributed by atoms with Gasteiger partial charge in [-0.2, -0.15) is 0 Å². The van der Waals surface area contributed by atoms with Crippen molar-refractivity contribution in [2.75, 3.05) is 26.2 Å². The molecule has 0 bridgehead atoms. The fourth-order valence-electron chi connectivity index (χ4n) is 2.10. The quantitative estimate of drug-likeness (QED) is 0.160. The van der Waals surface area contributed by atoms with Crippen LogP contribution in [0.3, 0.4) is 0 Å². The largest absolute Gasteiger partial charge is 0.508 e. The highest BCUT2D eigenvalue weighted by Gasteiger charge is 2.11. The van der Waals surface area contributed by atoms with Crippen LogP contribution in [-0.4, -0.2) is 75.7 Å². The van der Waals surface area contributed by atoms with Gasteiger partial charge in [0.05, 0.1) is 5.56 Å². The van der Waals surface area contributed by atoms with E-state index in [4.69, 9.17) is 24.5 Å². The van der Waals surface area contributed by atoms with Crippen LogP contribution in [0.25, 0.3) is 0 Å². The number of ether oxygens (including phenoxy) is 1. The van der Waals surface area contributed by atoms with Crippen LogP contribution in [0, 0.1) is 0 Å². The molecule has 0 aliphatic carbocycles. The number of hydrogen-bond donors (Lipinski definition) is 7. The summed E-state index contributed by atoms with van der Waals surface area (Å²) in [5, 5.41) is 49.2. The lowest BCUT2D eigenvalue weighted by molar-refractivity contribution is -0.159. The molecule has 0 saturated carbocycles. The smallest absolute Gasteiger partial charge is 0.414 e. The molecule has 0 aliphatic heterocycles. The lowest BCUT2D eigenvalue weighted by Crippen LogP contribution is -2.37. The van der Waals surface area contributed by atoms with E-state index in [0.717, 1.165) is 0 Å². The van der Waals surface area contributed by atoms with Crippen molar-refractivity contribution in [1.82, 2.24) is 10.6 Å². The van der Waals surface area contributed by atoms with Gasteiger partial charge in [0.1, 0.15) is 30.0 Å². The fourth-order valence-corrected chi connectivity index (χ4v) is 2.10. The molecule has 2 aromatic rings. The third-order valence-corrected chi connectivity index (χ3v) is 3.56. The van der Waals surface area contributed by atoms with Crippen molar-refractivity contribution in [1.29, 1.82) is 0 Å². The Morgan fingerprint density at radius 3 is 2.19 bits per heavy atom. The van der Waals surface area contributed by atoms with Crippen LogP contribution < -0.4 is 15.4 Å². The highest BCUT2D eigenvalue weighted by molar-refractivity contribution is 6.27. The van der Waals surface area contributed by atoms with E-state index in [9.17, 15) is 20.1 Å². The number of amides is 1. The molecule has 0 aliphatic rings. The zero-order valence-corrected chi connectivity index (χ0v) is 16.4. The van der Waals surface area contributed by atoms with Crippen molar-refractivity contribution in [2.24, 2.45) is 0 Å². The summed E-state index contributed by atoms with van der Waals surface area (Å²) in [5.41, 5.74) is 0.0105. The molecule has 0 saturated heterocycles. The Labute approximate surface area is 177 Å². The summed E-state index contributed by atoms with van der Waals surface area (Å²) in [6, 6.07) is 13.0. The zero-order valence-electron chi connectivity index (χ0n) is 16.4. The van der Waals surface area contributed by atoms with Gasteiger partial charge in [0.2, 0.25) is 0 Å². The average molecular weight is 436 g/mol. The van der Waals surface area contributed by atoms with E-state index in [1.54, 1.807) is 0 Å². The molecular weight excluding hydrogens is 412 g/mol. The highest BCUT2D eigenvalue weighted by atomic mass is 16.5. The number of carboxylic acid groups (broad SMARTS) is 2. The Morgan fingerprint density at radius 2 is 1.58 bits per heavy atom. The summed E-state index contributed by atoms with van der Waals surface area (Å²) in [7, 11) is 0. The summed E-state index contributed by atoms with van der Waals surface area (Å²) < 4.78 is 5.43. The molecule has 168 valence electrons. The van der Waals surface area contributed by atoms with Crippen LogP contribution in [0.2, 0.25) is 0 Å². The standard InChI is InChI=1S/C18H22N2O5.C2H2O4/c21-13-6-7-17(23)16(10-13)18(24)20-9-8-19-11-14(22)12-25-15-4-2-1-3-5-15;3-1(4)2(5)6/h1-7,10,14,19,21-23H,8-9,11-12H2,(H,20,24);(H,3,4)(H,5,6). The molecule has 31 heavy (non-hydrogen) atoms. The van der Waals surface area contributed by atoms with Gasteiger partial charge in [-0.25, -0.2) is 9.59 Å². The molecule has 1 atom stereocenters. The zero-order chi connectivity index (χ0) is 23.2. The Kier molecular flexibility index (Phi) is 10.9. The number of aliphatic hydroxyl groups is 1. The minimum Gasteiger partial charge on any atom is -0.508 e. The van der Waals surface area contributed by atoms with Gasteiger partial charge in [0.15, 0.2) is 0 Å². The van der Waals surface area contributed by atoms with Gasteiger partial charge in [-0.05, 0) is 30.3 Å². The topological polar surface area (TPSA) is 186 Å². The van der Waals surface area contributed by atoms with Crippen molar-refractivity contribution < 1.29 is 44.7 Å². The van der Waals surface area contributed by atoms with E-state index in [2.05, 4.69) is 10.6 Å². The van der Waals surface area contributed by atoms with E-state index in [0.29, 0.717) is 25.4 Å². The summed E-state index contributed by atoms with van der Waals surface area (Å²) in [6.07, 6.45) is -0.675. The second-order valence-corrected chi connectivity index (χ2v) is 6.05. The molecule has 2 aromatic carbocycles. The predicted molar refractivity (Wildman–Crippen MR) is 108 cm³/mol. The number of carboxylic acids is 2. The van der Waals surface area contributed by atoms with E-state index >= 15 is 0 Å². The van der Waals surface area contributed by atoms with Gasteiger partial charge < -0.3 is 40.9 Å². The van der Waals surface area contributed by atoms with Gasteiger partial charge in [-0.15, -0.1) is 0 Å². The van der Waals surface area contributed by atoms with Crippen molar-refractivity contribution in [3.05, 3.63) is 54.1 Å². The van der Waals surface area contributed by atoms with E-state index in [1.807, 2.05) is 30.3 Å². The minimum absolute atomic E-state index is 0.0105. The Bertz CT molecular complexity index is 847. The van der Waals surface area contributed by atoms with Crippen molar-refractivity contribution in [3.8, 4) is 17.2 Å². The molecule has 0 radical (unpaired) electrons. The summed E-state index contributed by atoms with van der Waals surface area (Å²) in [4.78, 5) is 30.1. The molecular formula is C20H24N2O9. The molecule has 2 rings (SSSR count). The number of carbonyl (C=O) groups excluding carboxylic acids is 1. The molecule has 0 fully saturated rings. The monoisotopic (exact) mass is 436 g/mol. The number of benzene rings is 2. The second-order valence-electron chi connectivity index (χ2n) is 6.05. The van der Waals surface area contributed by atoms with Crippen molar-refractivity contribution in [3.63, 3.8) is 0 Å². The first-order chi connectivity index (χ1) is 14.7. The van der Waals surface area contributed by atoms with Crippen LogP contribution in [-0.2, 0) is 9.59 Å². The first-order valence-electron chi connectivity index (χ1n) is 9.03. The molecule has 11 heteroatoms. The molecule has 1 amide bonds. The third kappa shape index (κ3) is 10.5. The van der Waals surface area contributed by atoms with Gasteiger partial charge in [0, 0.05) is 19.6 Å². The molecule has 7 N–H and O–H groups in total. The van der Waals surface area contributed by atoms with E-state index in [1.165, 1.54) is 18.2 Å². The van der Waals surface area contributed by atoms with Crippen LogP contribution in [0.4, 0.5) is 0 Å². The SMILES string of the molecule is O=C(NCCNCC(O)COc1ccccc1)c1cc(O)ccc1O.O=C(O)C(=O)O. The number of rotatable bonds is 9. The number of phenolic OH excluding ortho intramolecular Hbond substituents is 2. The number of aromatic hydroxyl groups is 2. The second kappa shape index (κ2) is 13.4. The summed E-state index contributed by atoms with van der Waals surface area (Å²) in [6.45, 7) is 1.23. The van der Waals surface area contributed by atoms with Crippen molar-refractivity contribution in [2.45, 2.75) is 6.10 Å². The van der Waals surface area contributed by atoms with Crippen LogP contribution in [0.15, 0.2) is 48.5 Å². The maximum Gasteiger partial charge on any atom is 0.414 e. The van der Waals surface area contributed by atoms with E-state index < -0.39 is 23.9 Å². The lowest BCUT2D eigenvalue weighted by atomic mass is 10.2. The number of para-hydroxylation sites is 1. The Balaban J connectivity index is 0.000000703. The average Bonchev–Trinajstić information content (AvgIpc) is 2.74. The van der Waals surface area contributed by atoms with E-state index in [-0.39, 0.29) is 23.7 Å². The Morgan fingerprint density at radius 1 is 0.935 bits per heavy atom. The highest BCUT2D eigenvalue weighted by Crippen LogP contribution is 2.21. The van der Waals surface area contributed by atoms with Gasteiger partial charge in [-0.3, -0.25) is 4.79 Å².